The zero-order valence-electron chi connectivity index (χ0n) is 14.3. The minimum atomic E-state index is -0.239. The van der Waals surface area contributed by atoms with Crippen LogP contribution >= 0.6 is 15.9 Å². The molecule has 6 nitrogen and oxygen atoms in total. The SMILES string of the molecule is COc1cccc(C(=O)N2CCN(C(=O)c3cc(Br)ccc3O)CC2)c1. The Morgan fingerprint density at radius 1 is 1.00 bits per heavy atom. The van der Waals surface area contributed by atoms with Crippen molar-refractivity contribution in [1.29, 1.82) is 0 Å². The lowest BCUT2D eigenvalue weighted by atomic mass is 10.1. The first-order valence-corrected chi connectivity index (χ1v) is 9.00. The molecule has 1 heterocycles. The Bertz CT molecular complexity index is 832. The molecule has 0 saturated carbocycles. The quantitative estimate of drug-likeness (QED) is 0.831. The van der Waals surface area contributed by atoms with Gasteiger partial charge in [0.2, 0.25) is 0 Å². The number of amides is 2. The van der Waals surface area contributed by atoms with Crippen molar-refractivity contribution >= 4 is 27.7 Å². The maximum atomic E-state index is 12.6. The van der Waals surface area contributed by atoms with Crippen molar-refractivity contribution < 1.29 is 19.4 Å². The molecule has 1 fully saturated rings. The first-order chi connectivity index (χ1) is 12.5. The molecule has 0 aromatic heterocycles. The lowest BCUT2D eigenvalue weighted by molar-refractivity contribution is 0.0533. The summed E-state index contributed by atoms with van der Waals surface area (Å²) in [6, 6.07) is 11.8. The van der Waals surface area contributed by atoms with Crippen molar-refractivity contribution in [2.45, 2.75) is 0 Å². The Balaban J connectivity index is 1.66. The first kappa shape index (κ1) is 18.3. The molecule has 1 aliphatic rings. The molecule has 3 rings (SSSR count). The summed E-state index contributed by atoms with van der Waals surface area (Å²) in [6.07, 6.45) is 0. The molecule has 2 aromatic rings. The van der Waals surface area contributed by atoms with Crippen LogP contribution in [0.25, 0.3) is 0 Å². The third-order valence-electron chi connectivity index (χ3n) is 4.36. The van der Waals surface area contributed by atoms with Gasteiger partial charge in [0, 0.05) is 36.2 Å². The highest BCUT2D eigenvalue weighted by Crippen LogP contribution is 2.24. The number of phenolic OH excluding ortho intramolecular Hbond substituents is 1. The minimum absolute atomic E-state index is 0.0481. The standard InChI is InChI=1S/C19H19BrN2O4/c1-26-15-4-2-3-13(11-15)18(24)21-7-9-22(10-8-21)19(25)16-12-14(20)5-6-17(16)23/h2-6,11-12,23H,7-10H2,1H3. The fourth-order valence-electron chi connectivity index (χ4n) is 2.90. The Labute approximate surface area is 160 Å². The van der Waals surface area contributed by atoms with Crippen LogP contribution < -0.4 is 4.74 Å². The summed E-state index contributed by atoms with van der Waals surface area (Å²) in [5.74, 6) is 0.265. The average molecular weight is 419 g/mol. The van der Waals surface area contributed by atoms with E-state index >= 15 is 0 Å². The number of rotatable bonds is 3. The molecule has 0 bridgehead atoms. The van der Waals surface area contributed by atoms with Gasteiger partial charge in [0.1, 0.15) is 11.5 Å². The second-order valence-electron chi connectivity index (χ2n) is 5.98. The van der Waals surface area contributed by atoms with E-state index in [1.807, 2.05) is 0 Å². The van der Waals surface area contributed by atoms with E-state index in [4.69, 9.17) is 4.74 Å². The van der Waals surface area contributed by atoms with Gasteiger partial charge < -0.3 is 19.6 Å². The van der Waals surface area contributed by atoms with E-state index in [0.29, 0.717) is 37.5 Å². The number of halogens is 1. The van der Waals surface area contributed by atoms with E-state index in [1.165, 1.54) is 6.07 Å². The van der Waals surface area contributed by atoms with Gasteiger partial charge in [-0.25, -0.2) is 0 Å². The third-order valence-corrected chi connectivity index (χ3v) is 4.85. The summed E-state index contributed by atoms with van der Waals surface area (Å²) in [5, 5.41) is 9.93. The van der Waals surface area contributed by atoms with Crippen molar-refractivity contribution in [3.63, 3.8) is 0 Å². The number of hydrogen-bond acceptors (Lipinski definition) is 4. The number of piperazine rings is 1. The van der Waals surface area contributed by atoms with Gasteiger partial charge in [-0.1, -0.05) is 22.0 Å². The number of ether oxygens (including phenoxy) is 1. The number of carbonyl (C=O) groups excluding carboxylic acids is 2. The smallest absolute Gasteiger partial charge is 0.257 e. The monoisotopic (exact) mass is 418 g/mol. The van der Waals surface area contributed by atoms with Crippen molar-refractivity contribution in [2.75, 3.05) is 33.3 Å². The van der Waals surface area contributed by atoms with Gasteiger partial charge in [-0.2, -0.15) is 0 Å². The predicted molar refractivity (Wildman–Crippen MR) is 101 cm³/mol. The van der Waals surface area contributed by atoms with Crippen LogP contribution in [0.15, 0.2) is 46.9 Å². The molecule has 2 amide bonds. The fraction of sp³-hybridized carbons (Fsp3) is 0.263. The number of methoxy groups -OCH3 is 1. The summed E-state index contributed by atoms with van der Waals surface area (Å²) < 4.78 is 5.89. The highest BCUT2D eigenvalue weighted by atomic mass is 79.9. The van der Waals surface area contributed by atoms with Crippen LogP contribution in [-0.2, 0) is 0 Å². The molecule has 26 heavy (non-hydrogen) atoms. The molecule has 136 valence electrons. The number of carbonyl (C=O) groups is 2. The maximum Gasteiger partial charge on any atom is 0.257 e. The number of benzene rings is 2. The van der Waals surface area contributed by atoms with Crippen LogP contribution in [0.3, 0.4) is 0 Å². The molecule has 0 aliphatic carbocycles. The number of nitrogens with zero attached hydrogens (tertiary/aromatic N) is 2. The average Bonchev–Trinajstić information content (AvgIpc) is 2.69. The Kier molecular flexibility index (Phi) is 5.46. The molecule has 1 saturated heterocycles. The predicted octanol–water partition coefficient (Wildman–Crippen LogP) is 2.76. The van der Waals surface area contributed by atoms with Crippen LogP contribution in [0.1, 0.15) is 20.7 Å². The molecule has 1 N–H and O–H groups in total. The van der Waals surface area contributed by atoms with E-state index in [2.05, 4.69) is 15.9 Å². The second kappa shape index (κ2) is 7.78. The van der Waals surface area contributed by atoms with Gasteiger partial charge in [-0.15, -0.1) is 0 Å². The van der Waals surface area contributed by atoms with Crippen LogP contribution in [0.5, 0.6) is 11.5 Å². The van der Waals surface area contributed by atoms with Crippen molar-refractivity contribution in [3.05, 3.63) is 58.1 Å². The molecular formula is C19H19BrN2O4. The molecule has 1 aliphatic heterocycles. The van der Waals surface area contributed by atoms with Crippen LogP contribution in [0, 0.1) is 0 Å². The fourth-order valence-corrected chi connectivity index (χ4v) is 3.26. The largest absolute Gasteiger partial charge is 0.507 e. The Morgan fingerprint density at radius 2 is 1.65 bits per heavy atom. The van der Waals surface area contributed by atoms with Crippen molar-refractivity contribution in [1.82, 2.24) is 9.80 Å². The summed E-state index contributed by atoms with van der Waals surface area (Å²) in [6.45, 7) is 1.72. The number of aromatic hydroxyl groups is 1. The van der Waals surface area contributed by atoms with Crippen molar-refractivity contribution in [3.8, 4) is 11.5 Å². The van der Waals surface area contributed by atoms with Crippen LogP contribution in [-0.4, -0.2) is 60.0 Å². The molecule has 0 spiro atoms. The summed E-state index contributed by atoms with van der Waals surface area (Å²) in [5.41, 5.74) is 0.820. The minimum Gasteiger partial charge on any atom is -0.507 e. The maximum absolute atomic E-state index is 12.6. The summed E-state index contributed by atoms with van der Waals surface area (Å²) in [7, 11) is 1.56. The van der Waals surface area contributed by atoms with Crippen LogP contribution in [0.2, 0.25) is 0 Å². The Morgan fingerprint density at radius 3 is 2.31 bits per heavy atom. The first-order valence-electron chi connectivity index (χ1n) is 8.20. The molecule has 7 heteroatoms. The lowest BCUT2D eigenvalue weighted by Gasteiger charge is -2.35. The van der Waals surface area contributed by atoms with E-state index in [1.54, 1.807) is 53.3 Å². The molecule has 2 aromatic carbocycles. The van der Waals surface area contributed by atoms with Crippen molar-refractivity contribution in [2.24, 2.45) is 0 Å². The Hall–Kier alpha value is -2.54. The molecule has 0 radical (unpaired) electrons. The van der Waals surface area contributed by atoms with Gasteiger partial charge in [0.15, 0.2) is 0 Å². The van der Waals surface area contributed by atoms with E-state index in [9.17, 15) is 14.7 Å². The van der Waals surface area contributed by atoms with Gasteiger partial charge in [0.05, 0.1) is 12.7 Å². The normalized spacial score (nSPS) is 14.2. The van der Waals surface area contributed by atoms with Crippen LogP contribution in [0.4, 0.5) is 0 Å². The third kappa shape index (κ3) is 3.83. The van der Waals surface area contributed by atoms with Gasteiger partial charge in [0.25, 0.3) is 11.8 Å². The highest BCUT2D eigenvalue weighted by Gasteiger charge is 2.27. The van der Waals surface area contributed by atoms with Gasteiger partial charge >= 0.3 is 0 Å². The van der Waals surface area contributed by atoms with E-state index in [0.717, 1.165) is 4.47 Å². The number of hydrogen-bond donors (Lipinski definition) is 1. The van der Waals surface area contributed by atoms with Gasteiger partial charge in [-0.05, 0) is 36.4 Å². The number of phenols is 1. The zero-order valence-corrected chi connectivity index (χ0v) is 15.9. The molecular weight excluding hydrogens is 400 g/mol. The lowest BCUT2D eigenvalue weighted by Crippen LogP contribution is -2.50. The van der Waals surface area contributed by atoms with E-state index < -0.39 is 0 Å². The van der Waals surface area contributed by atoms with Gasteiger partial charge in [-0.3, -0.25) is 9.59 Å². The molecule has 0 atom stereocenters. The van der Waals surface area contributed by atoms with E-state index in [-0.39, 0.29) is 23.1 Å². The molecule has 0 unspecified atom stereocenters. The second-order valence-corrected chi connectivity index (χ2v) is 6.89. The highest BCUT2D eigenvalue weighted by molar-refractivity contribution is 9.10. The zero-order chi connectivity index (χ0) is 18.7. The summed E-state index contributed by atoms with van der Waals surface area (Å²) in [4.78, 5) is 28.6. The topological polar surface area (TPSA) is 70.1 Å². The summed E-state index contributed by atoms with van der Waals surface area (Å²) >= 11 is 3.31.